The lowest BCUT2D eigenvalue weighted by Crippen LogP contribution is -2.34. The summed E-state index contributed by atoms with van der Waals surface area (Å²) < 4.78 is 5.75. The zero-order valence-electron chi connectivity index (χ0n) is 15.6. The second kappa shape index (κ2) is 8.12. The molecule has 1 fully saturated rings. The monoisotopic (exact) mass is 380 g/mol. The first-order chi connectivity index (χ1) is 13.6. The maximum atomic E-state index is 12.5. The number of amides is 2. The highest BCUT2D eigenvalue weighted by molar-refractivity contribution is 6.05. The number of nitrogens with one attached hydrogen (secondary N) is 2. The van der Waals surface area contributed by atoms with E-state index in [2.05, 4.69) is 10.6 Å². The van der Waals surface area contributed by atoms with E-state index in [1.165, 1.54) is 0 Å². The first-order valence-electron chi connectivity index (χ1n) is 9.73. The van der Waals surface area contributed by atoms with E-state index in [0.29, 0.717) is 17.9 Å². The first-order valence-corrected chi connectivity index (χ1v) is 9.73. The van der Waals surface area contributed by atoms with E-state index in [0.717, 1.165) is 36.8 Å². The van der Waals surface area contributed by atoms with E-state index in [1.54, 1.807) is 18.2 Å². The number of ether oxygens (including phenoxy) is 1. The Balaban J connectivity index is 1.48. The van der Waals surface area contributed by atoms with Gasteiger partial charge in [-0.3, -0.25) is 14.9 Å². The molecule has 1 aliphatic heterocycles. The fourth-order valence-corrected chi connectivity index (χ4v) is 3.89. The highest BCUT2D eigenvalue weighted by Gasteiger charge is 2.28. The van der Waals surface area contributed by atoms with Crippen molar-refractivity contribution in [3.63, 3.8) is 0 Å². The van der Waals surface area contributed by atoms with Crippen molar-refractivity contribution < 1.29 is 19.4 Å². The van der Waals surface area contributed by atoms with Gasteiger partial charge < -0.3 is 15.2 Å². The Morgan fingerprint density at radius 1 is 1.07 bits per heavy atom. The van der Waals surface area contributed by atoms with Crippen LogP contribution in [0.15, 0.2) is 48.5 Å². The van der Waals surface area contributed by atoms with Gasteiger partial charge in [-0.15, -0.1) is 0 Å². The fourth-order valence-electron chi connectivity index (χ4n) is 3.89. The van der Waals surface area contributed by atoms with Crippen LogP contribution < -0.4 is 15.4 Å². The molecular formula is C22H24N2O4. The Morgan fingerprint density at radius 3 is 2.57 bits per heavy atom. The third kappa shape index (κ3) is 3.93. The normalized spacial score (nSPS) is 22.0. The lowest BCUT2D eigenvalue weighted by atomic mass is 10.1. The number of aliphatic hydroxyl groups excluding tert-OH is 1. The average Bonchev–Trinajstić information content (AvgIpc) is 3.19. The van der Waals surface area contributed by atoms with Gasteiger partial charge in [0, 0.05) is 23.6 Å². The summed E-state index contributed by atoms with van der Waals surface area (Å²) in [6.45, 7) is 0.495. The van der Waals surface area contributed by atoms with Gasteiger partial charge in [-0.2, -0.15) is 0 Å². The molecule has 0 spiro atoms. The smallest absolute Gasteiger partial charge is 0.257 e. The molecule has 0 saturated heterocycles. The van der Waals surface area contributed by atoms with Gasteiger partial charge in [0.15, 0.2) is 0 Å². The SMILES string of the molecule is O=C(NC(=O)C1CCCC1)c1ccc2c(c1)OC(O)C(c1ccccc1)NC2. The van der Waals surface area contributed by atoms with Crippen molar-refractivity contribution in [2.75, 3.05) is 0 Å². The number of hydrogen-bond donors (Lipinski definition) is 3. The summed E-state index contributed by atoms with van der Waals surface area (Å²) in [4.78, 5) is 24.7. The molecule has 1 heterocycles. The molecule has 2 aromatic carbocycles. The maximum absolute atomic E-state index is 12.5. The van der Waals surface area contributed by atoms with Crippen LogP contribution in [-0.4, -0.2) is 23.2 Å². The maximum Gasteiger partial charge on any atom is 0.257 e. The topological polar surface area (TPSA) is 87.7 Å². The average molecular weight is 380 g/mol. The first kappa shape index (κ1) is 18.7. The molecule has 2 aliphatic rings. The van der Waals surface area contributed by atoms with Crippen molar-refractivity contribution in [2.45, 2.75) is 44.6 Å². The summed E-state index contributed by atoms with van der Waals surface area (Å²) in [5, 5.41) is 16.3. The van der Waals surface area contributed by atoms with Crippen molar-refractivity contribution in [2.24, 2.45) is 5.92 Å². The van der Waals surface area contributed by atoms with Gasteiger partial charge in [0.1, 0.15) is 5.75 Å². The van der Waals surface area contributed by atoms with Gasteiger partial charge >= 0.3 is 0 Å². The van der Waals surface area contributed by atoms with Crippen LogP contribution in [0.4, 0.5) is 0 Å². The lowest BCUT2D eigenvalue weighted by Gasteiger charge is -2.21. The molecule has 4 rings (SSSR count). The van der Waals surface area contributed by atoms with Crippen LogP contribution in [0.25, 0.3) is 0 Å². The van der Waals surface area contributed by atoms with Crippen LogP contribution in [0.2, 0.25) is 0 Å². The van der Waals surface area contributed by atoms with Gasteiger partial charge in [-0.1, -0.05) is 49.2 Å². The number of imide groups is 1. The molecule has 0 radical (unpaired) electrons. The minimum atomic E-state index is -1.10. The van der Waals surface area contributed by atoms with E-state index < -0.39 is 12.2 Å². The molecule has 0 aromatic heterocycles. The van der Waals surface area contributed by atoms with Crippen molar-refractivity contribution >= 4 is 11.8 Å². The van der Waals surface area contributed by atoms with Crippen LogP contribution >= 0.6 is 0 Å². The Labute approximate surface area is 163 Å². The van der Waals surface area contributed by atoms with E-state index in [9.17, 15) is 14.7 Å². The molecular weight excluding hydrogens is 356 g/mol. The van der Waals surface area contributed by atoms with Gasteiger partial charge in [0.25, 0.3) is 5.91 Å². The summed E-state index contributed by atoms with van der Waals surface area (Å²) in [5.41, 5.74) is 2.11. The number of aliphatic hydroxyl groups is 1. The van der Waals surface area contributed by atoms with E-state index in [-0.39, 0.29) is 17.9 Å². The summed E-state index contributed by atoms with van der Waals surface area (Å²) in [6, 6.07) is 14.3. The van der Waals surface area contributed by atoms with Crippen molar-refractivity contribution in [3.8, 4) is 5.75 Å². The third-order valence-electron chi connectivity index (χ3n) is 5.50. The van der Waals surface area contributed by atoms with Crippen LogP contribution in [0.3, 0.4) is 0 Å². The number of carbonyl (C=O) groups excluding carboxylic acids is 2. The number of carbonyl (C=O) groups is 2. The number of benzene rings is 2. The largest absolute Gasteiger partial charge is 0.463 e. The van der Waals surface area contributed by atoms with Gasteiger partial charge in [0.05, 0.1) is 6.04 Å². The Hall–Kier alpha value is -2.70. The van der Waals surface area contributed by atoms with Crippen LogP contribution in [0.5, 0.6) is 5.75 Å². The Kier molecular flexibility index (Phi) is 5.41. The molecule has 2 amide bonds. The van der Waals surface area contributed by atoms with Gasteiger partial charge in [-0.25, -0.2) is 0 Å². The zero-order chi connectivity index (χ0) is 19.5. The Bertz CT molecular complexity index is 862. The Morgan fingerprint density at radius 2 is 1.82 bits per heavy atom. The second-order valence-electron chi connectivity index (χ2n) is 7.40. The highest BCUT2D eigenvalue weighted by Crippen LogP contribution is 2.30. The number of rotatable bonds is 3. The minimum absolute atomic E-state index is 0.0707. The highest BCUT2D eigenvalue weighted by atomic mass is 16.6. The molecule has 1 aliphatic carbocycles. The predicted octanol–water partition coefficient (Wildman–Crippen LogP) is 2.67. The molecule has 2 aromatic rings. The molecule has 2 atom stereocenters. The van der Waals surface area contributed by atoms with E-state index >= 15 is 0 Å². The van der Waals surface area contributed by atoms with Crippen molar-refractivity contribution in [3.05, 3.63) is 65.2 Å². The summed E-state index contributed by atoms with van der Waals surface area (Å²) in [7, 11) is 0. The fraction of sp³-hybridized carbons (Fsp3) is 0.364. The molecule has 0 bridgehead atoms. The molecule has 6 heteroatoms. The number of fused-ring (bicyclic) bond motifs is 1. The van der Waals surface area contributed by atoms with Gasteiger partial charge in [0.2, 0.25) is 12.2 Å². The summed E-state index contributed by atoms with van der Waals surface area (Å²) in [5.74, 6) is -0.267. The standard InChI is InChI=1S/C22H24N2O4/c25-20(15-8-4-5-9-15)24-21(26)16-10-11-17-13-23-19(14-6-2-1-3-7-14)22(27)28-18(17)12-16/h1-3,6-7,10-12,15,19,22-23,27H,4-5,8-9,13H2,(H,24,25,26). The van der Waals surface area contributed by atoms with Crippen molar-refractivity contribution in [1.29, 1.82) is 0 Å². The van der Waals surface area contributed by atoms with Crippen LogP contribution in [0.1, 0.15) is 53.2 Å². The van der Waals surface area contributed by atoms with E-state index in [4.69, 9.17) is 4.74 Å². The summed E-state index contributed by atoms with van der Waals surface area (Å²) >= 11 is 0. The van der Waals surface area contributed by atoms with Gasteiger partial charge in [-0.05, 0) is 30.5 Å². The lowest BCUT2D eigenvalue weighted by molar-refractivity contribution is -0.123. The quantitative estimate of drug-likeness (QED) is 0.713. The molecule has 3 N–H and O–H groups in total. The molecule has 28 heavy (non-hydrogen) atoms. The zero-order valence-corrected chi connectivity index (χ0v) is 15.6. The molecule has 6 nitrogen and oxygen atoms in total. The van der Waals surface area contributed by atoms with Crippen LogP contribution in [0, 0.1) is 5.92 Å². The molecule has 146 valence electrons. The molecule has 2 unspecified atom stereocenters. The second-order valence-corrected chi connectivity index (χ2v) is 7.40. The van der Waals surface area contributed by atoms with Crippen LogP contribution in [-0.2, 0) is 11.3 Å². The van der Waals surface area contributed by atoms with E-state index in [1.807, 2.05) is 30.3 Å². The third-order valence-corrected chi connectivity index (χ3v) is 5.50. The number of hydrogen-bond acceptors (Lipinski definition) is 5. The summed E-state index contributed by atoms with van der Waals surface area (Å²) in [6.07, 6.45) is 2.65. The molecule has 1 saturated carbocycles. The minimum Gasteiger partial charge on any atom is -0.463 e. The predicted molar refractivity (Wildman–Crippen MR) is 104 cm³/mol. The van der Waals surface area contributed by atoms with Crippen molar-refractivity contribution in [1.82, 2.24) is 10.6 Å².